The SMILES string of the molecule is O=S(=O)(OCCOCc1ccc(-c2ccccc2)cc1)c1ccc(CCC2CCCCC2)cc1. The molecule has 0 spiro atoms. The van der Waals surface area contributed by atoms with Gasteiger partial charge in [-0.25, -0.2) is 0 Å². The predicted octanol–water partition coefficient (Wildman–Crippen LogP) is 6.79. The van der Waals surface area contributed by atoms with E-state index in [1.165, 1.54) is 49.7 Å². The van der Waals surface area contributed by atoms with Gasteiger partial charge in [-0.1, -0.05) is 98.8 Å². The molecule has 1 fully saturated rings. The average molecular weight is 479 g/mol. The molecular weight excluding hydrogens is 444 g/mol. The summed E-state index contributed by atoms with van der Waals surface area (Å²) in [4.78, 5) is 0.199. The minimum atomic E-state index is -3.77. The van der Waals surface area contributed by atoms with Gasteiger partial charge in [0.1, 0.15) is 0 Å². The molecule has 1 aliphatic rings. The van der Waals surface area contributed by atoms with Gasteiger partial charge in [0.15, 0.2) is 0 Å². The molecular formula is C29H34O4S. The molecule has 1 saturated carbocycles. The second kappa shape index (κ2) is 12.3. The lowest BCUT2D eigenvalue weighted by Gasteiger charge is -2.21. The quantitative estimate of drug-likeness (QED) is 0.225. The van der Waals surface area contributed by atoms with Crippen molar-refractivity contribution in [2.75, 3.05) is 13.2 Å². The molecule has 4 nitrogen and oxygen atoms in total. The number of ether oxygens (including phenoxy) is 1. The molecule has 3 aromatic rings. The van der Waals surface area contributed by atoms with Gasteiger partial charge in [-0.3, -0.25) is 4.18 Å². The van der Waals surface area contributed by atoms with Crippen molar-refractivity contribution in [3.8, 4) is 11.1 Å². The van der Waals surface area contributed by atoms with Gasteiger partial charge in [0.05, 0.1) is 24.7 Å². The Morgan fingerprint density at radius 3 is 2.06 bits per heavy atom. The van der Waals surface area contributed by atoms with Crippen molar-refractivity contribution in [1.82, 2.24) is 0 Å². The summed E-state index contributed by atoms with van der Waals surface area (Å²) < 4.78 is 35.7. The van der Waals surface area contributed by atoms with Crippen LogP contribution in [0.15, 0.2) is 83.8 Å². The number of benzene rings is 3. The van der Waals surface area contributed by atoms with E-state index >= 15 is 0 Å². The molecule has 0 heterocycles. The van der Waals surface area contributed by atoms with E-state index in [1.807, 2.05) is 42.5 Å². The molecule has 4 rings (SSSR count). The van der Waals surface area contributed by atoms with Crippen LogP contribution < -0.4 is 0 Å². The van der Waals surface area contributed by atoms with Crippen molar-refractivity contribution in [3.05, 3.63) is 90.0 Å². The standard InChI is InChI=1S/C29H34O4S/c30-34(31,29-19-15-25(16-20-29)12-11-24-7-3-1-4-8-24)33-22-21-32-23-26-13-17-28(18-14-26)27-9-5-2-6-10-27/h2,5-6,9-10,13-20,24H,1,3-4,7-8,11-12,21-23H2. The first-order valence-corrected chi connectivity index (χ1v) is 13.7. The van der Waals surface area contributed by atoms with Crippen LogP contribution in [0.25, 0.3) is 11.1 Å². The molecule has 0 bridgehead atoms. The lowest BCUT2D eigenvalue weighted by Crippen LogP contribution is -2.12. The van der Waals surface area contributed by atoms with Crippen LogP contribution in [0.2, 0.25) is 0 Å². The second-order valence-corrected chi connectivity index (χ2v) is 10.7. The van der Waals surface area contributed by atoms with Crippen LogP contribution in [0.4, 0.5) is 0 Å². The predicted molar refractivity (Wildman–Crippen MR) is 136 cm³/mol. The third-order valence-corrected chi connectivity index (χ3v) is 7.90. The molecule has 0 aromatic heterocycles. The van der Waals surface area contributed by atoms with E-state index in [-0.39, 0.29) is 18.1 Å². The van der Waals surface area contributed by atoms with Crippen LogP contribution in [0.5, 0.6) is 0 Å². The third-order valence-electron chi connectivity index (χ3n) is 6.57. The summed E-state index contributed by atoms with van der Waals surface area (Å²) in [5.41, 5.74) is 4.54. The molecule has 0 saturated heterocycles. The van der Waals surface area contributed by atoms with Gasteiger partial charge in [0.25, 0.3) is 10.1 Å². The summed E-state index contributed by atoms with van der Waals surface area (Å²) in [5.74, 6) is 0.822. The summed E-state index contributed by atoms with van der Waals surface area (Å²) in [7, 11) is -3.77. The Balaban J connectivity index is 1.17. The molecule has 0 aliphatic heterocycles. The lowest BCUT2D eigenvalue weighted by molar-refractivity contribution is 0.0908. The van der Waals surface area contributed by atoms with Gasteiger partial charge in [0.2, 0.25) is 0 Å². The fourth-order valence-electron chi connectivity index (χ4n) is 4.55. The average Bonchev–Trinajstić information content (AvgIpc) is 2.89. The summed E-state index contributed by atoms with van der Waals surface area (Å²) in [5, 5.41) is 0. The Labute approximate surface area is 204 Å². The topological polar surface area (TPSA) is 52.6 Å². The van der Waals surface area contributed by atoms with Crippen molar-refractivity contribution in [2.24, 2.45) is 5.92 Å². The molecule has 0 atom stereocenters. The van der Waals surface area contributed by atoms with E-state index in [9.17, 15) is 8.42 Å². The van der Waals surface area contributed by atoms with Gasteiger partial charge >= 0.3 is 0 Å². The maximum Gasteiger partial charge on any atom is 0.297 e. The van der Waals surface area contributed by atoms with Crippen LogP contribution >= 0.6 is 0 Å². The number of rotatable bonds is 11. The van der Waals surface area contributed by atoms with Crippen LogP contribution in [-0.4, -0.2) is 21.6 Å². The fraction of sp³-hybridized carbons (Fsp3) is 0.379. The zero-order valence-corrected chi connectivity index (χ0v) is 20.5. The Hall–Kier alpha value is -2.47. The van der Waals surface area contributed by atoms with Gasteiger partial charge in [0, 0.05) is 0 Å². The highest BCUT2D eigenvalue weighted by Gasteiger charge is 2.16. The zero-order chi connectivity index (χ0) is 23.6. The Kier molecular flexibility index (Phi) is 8.91. The van der Waals surface area contributed by atoms with Crippen LogP contribution in [0.1, 0.15) is 49.7 Å². The minimum Gasteiger partial charge on any atom is -0.374 e. The molecule has 3 aromatic carbocycles. The first kappa shape index (κ1) is 24.6. The molecule has 34 heavy (non-hydrogen) atoms. The maximum absolute atomic E-state index is 12.5. The Morgan fingerprint density at radius 1 is 0.706 bits per heavy atom. The van der Waals surface area contributed by atoms with Gasteiger partial charge in [-0.15, -0.1) is 0 Å². The molecule has 180 valence electrons. The monoisotopic (exact) mass is 478 g/mol. The maximum atomic E-state index is 12.5. The summed E-state index contributed by atoms with van der Waals surface area (Å²) >= 11 is 0. The summed E-state index contributed by atoms with van der Waals surface area (Å²) in [6, 6.07) is 25.5. The van der Waals surface area contributed by atoms with Crippen molar-refractivity contribution >= 4 is 10.1 Å². The van der Waals surface area contributed by atoms with Gasteiger partial charge in [-0.2, -0.15) is 8.42 Å². The van der Waals surface area contributed by atoms with E-state index < -0.39 is 10.1 Å². The Bertz CT molecular complexity index is 1100. The molecule has 0 N–H and O–H groups in total. The Morgan fingerprint density at radius 2 is 1.35 bits per heavy atom. The number of hydrogen-bond acceptors (Lipinski definition) is 4. The smallest absolute Gasteiger partial charge is 0.297 e. The van der Waals surface area contributed by atoms with Crippen molar-refractivity contribution in [1.29, 1.82) is 0 Å². The number of aryl methyl sites for hydroxylation is 1. The van der Waals surface area contributed by atoms with E-state index in [4.69, 9.17) is 8.92 Å². The zero-order valence-electron chi connectivity index (χ0n) is 19.7. The van der Waals surface area contributed by atoms with E-state index in [2.05, 4.69) is 24.3 Å². The van der Waals surface area contributed by atoms with Crippen molar-refractivity contribution < 1.29 is 17.3 Å². The number of hydrogen-bond donors (Lipinski definition) is 0. The lowest BCUT2D eigenvalue weighted by atomic mass is 9.85. The highest BCUT2D eigenvalue weighted by molar-refractivity contribution is 7.86. The van der Waals surface area contributed by atoms with Crippen LogP contribution in [0.3, 0.4) is 0 Å². The second-order valence-electron chi connectivity index (χ2n) is 9.08. The van der Waals surface area contributed by atoms with Gasteiger partial charge < -0.3 is 4.74 Å². The summed E-state index contributed by atoms with van der Waals surface area (Å²) in [6.45, 7) is 0.612. The summed E-state index contributed by atoms with van der Waals surface area (Å²) in [6.07, 6.45) is 8.94. The van der Waals surface area contributed by atoms with E-state index in [0.717, 1.165) is 23.5 Å². The van der Waals surface area contributed by atoms with Crippen molar-refractivity contribution in [2.45, 2.75) is 56.4 Å². The van der Waals surface area contributed by atoms with E-state index in [1.54, 1.807) is 12.1 Å². The third kappa shape index (κ3) is 7.26. The normalized spacial score (nSPS) is 14.8. The van der Waals surface area contributed by atoms with Crippen LogP contribution in [0, 0.1) is 5.92 Å². The first-order chi connectivity index (χ1) is 16.6. The van der Waals surface area contributed by atoms with Gasteiger partial charge in [-0.05, 0) is 53.1 Å². The highest BCUT2D eigenvalue weighted by Crippen LogP contribution is 2.27. The largest absolute Gasteiger partial charge is 0.374 e. The molecule has 0 unspecified atom stereocenters. The van der Waals surface area contributed by atoms with E-state index in [0.29, 0.717) is 6.61 Å². The minimum absolute atomic E-state index is 0.00609. The first-order valence-electron chi connectivity index (χ1n) is 12.3. The molecule has 0 amide bonds. The highest BCUT2D eigenvalue weighted by atomic mass is 32.2. The molecule has 1 aliphatic carbocycles. The fourth-order valence-corrected chi connectivity index (χ4v) is 5.45. The van der Waals surface area contributed by atoms with Crippen molar-refractivity contribution in [3.63, 3.8) is 0 Å². The molecule has 5 heteroatoms. The van der Waals surface area contributed by atoms with Crippen LogP contribution in [-0.2, 0) is 32.1 Å². The molecule has 0 radical (unpaired) electrons.